The zero-order chi connectivity index (χ0) is 39.3. The molecular formula is C38H37ClF4N6O4S. The molecule has 6 rings (SSSR count). The number of nitrogens with two attached hydrogens (primary N) is 1. The number of anilines is 1. The first-order chi connectivity index (χ1) is 25.3. The van der Waals surface area contributed by atoms with Gasteiger partial charge in [0.1, 0.15) is 29.8 Å². The van der Waals surface area contributed by atoms with Gasteiger partial charge in [-0.3, -0.25) is 14.0 Å². The van der Waals surface area contributed by atoms with Gasteiger partial charge in [0.15, 0.2) is 5.82 Å². The summed E-state index contributed by atoms with van der Waals surface area (Å²) in [6, 6.07) is 16.3. The van der Waals surface area contributed by atoms with Gasteiger partial charge >= 0.3 is 0 Å². The van der Waals surface area contributed by atoms with E-state index in [2.05, 4.69) is 5.10 Å². The third kappa shape index (κ3) is 7.79. The number of hydrogen-bond acceptors (Lipinski definition) is 7. The Morgan fingerprint density at radius 3 is 2.22 bits per heavy atom. The van der Waals surface area contributed by atoms with Crippen molar-refractivity contribution in [1.82, 2.24) is 19.3 Å². The number of sulfonamides is 1. The molecule has 54 heavy (non-hydrogen) atoms. The molecule has 0 saturated carbocycles. The molecule has 10 nitrogen and oxygen atoms in total. The Kier molecular flexibility index (Phi) is 10.5. The molecule has 0 fully saturated rings. The van der Waals surface area contributed by atoms with Crippen LogP contribution in [0, 0.1) is 11.6 Å². The molecule has 0 aliphatic rings. The Morgan fingerprint density at radius 1 is 0.963 bits per heavy atom. The summed E-state index contributed by atoms with van der Waals surface area (Å²) in [6.45, 7) is 4.71. The van der Waals surface area contributed by atoms with Crippen molar-refractivity contribution in [3.05, 3.63) is 122 Å². The average molecular weight is 785 g/mol. The van der Waals surface area contributed by atoms with Crippen molar-refractivity contribution in [2.75, 3.05) is 17.7 Å². The van der Waals surface area contributed by atoms with Crippen molar-refractivity contribution < 1.29 is 30.7 Å². The first kappa shape index (κ1) is 38.7. The van der Waals surface area contributed by atoms with Crippen molar-refractivity contribution in [3.8, 4) is 11.4 Å². The SMILES string of the molecule is COc1ccc(CN(c2nn(CC(F)F)c3c(-n4c([C@@H](N)Cc5cc(F)cc(F)c5)nc5cc(C(C)(C)C)ccc5c4=O)ccc(Cl)c23)S(C)(=O)=O)cc1. The fourth-order valence-corrected chi connectivity index (χ4v) is 7.40. The van der Waals surface area contributed by atoms with Crippen molar-refractivity contribution in [2.45, 2.75) is 58.2 Å². The summed E-state index contributed by atoms with van der Waals surface area (Å²) >= 11 is 6.76. The van der Waals surface area contributed by atoms with Crippen molar-refractivity contribution >= 4 is 49.2 Å². The van der Waals surface area contributed by atoms with Gasteiger partial charge in [-0.1, -0.05) is 50.6 Å². The van der Waals surface area contributed by atoms with Gasteiger partial charge in [-0.15, -0.1) is 0 Å². The molecule has 2 aromatic heterocycles. The maximum absolute atomic E-state index is 14.7. The molecule has 0 unspecified atom stereocenters. The molecule has 6 aromatic rings. The molecule has 0 amide bonds. The highest BCUT2D eigenvalue weighted by molar-refractivity contribution is 7.92. The molecule has 0 aliphatic heterocycles. The van der Waals surface area contributed by atoms with Crippen LogP contribution in [-0.2, 0) is 34.9 Å². The van der Waals surface area contributed by atoms with E-state index in [-0.39, 0.29) is 68.1 Å². The fraction of sp³-hybridized carbons (Fsp3) is 0.289. The third-order valence-corrected chi connectivity index (χ3v) is 10.4. The van der Waals surface area contributed by atoms with Gasteiger partial charge in [-0.05, 0) is 77.1 Å². The van der Waals surface area contributed by atoms with Crippen LogP contribution in [0.15, 0.2) is 77.6 Å². The first-order valence-electron chi connectivity index (χ1n) is 16.7. The Balaban J connectivity index is 1.66. The summed E-state index contributed by atoms with van der Waals surface area (Å²) in [4.78, 5) is 19.5. The minimum absolute atomic E-state index is 0.0260. The number of halogens is 5. The van der Waals surface area contributed by atoms with Crippen LogP contribution in [0.2, 0.25) is 5.02 Å². The second-order valence-electron chi connectivity index (χ2n) is 14.0. The highest BCUT2D eigenvalue weighted by Gasteiger charge is 2.30. The molecule has 4 aromatic carbocycles. The van der Waals surface area contributed by atoms with Gasteiger partial charge in [0.25, 0.3) is 12.0 Å². The number of fused-ring (bicyclic) bond motifs is 2. The van der Waals surface area contributed by atoms with Crippen LogP contribution in [0.4, 0.5) is 23.4 Å². The van der Waals surface area contributed by atoms with Gasteiger partial charge in [0.2, 0.25) is 10.0 Å². The lowest BCUT2D eigenvalue weighted by Gasteiger charge is -2.22. The lowest BCUT2D eigenvalue weighted by Crippen LogP contribution is -2.30. The molecule has 2 heterocycles. The predicted octanol–water partition coefficient (Wildman–Crippen LogP) is 7.45. The topological polar surface area (TPSA) is 125 Å². The summed E-state index contributed by atoms with van der Waals surface area (Å²) in [5.41, 5.74) is 7.49. The van der Waals surface area contributed by atoms with E-state index in [1.807, 2.05) is 20.8 Å². The summed E-state index contributed by atoms with van der Waals surface area (Å²) in [5.74, 6) is -1.44. The van der Waals surface area contributed by atoms with Crippen LogP contribution in [0.25, 0.3) is 27.5 Å². The lowest BCUT2D eigenvalue weighted by atomic mass is 9.86. The van der Waals surface area contributed by atoms with Gasteiger partial charge in [-0.2, -0.15) is 5.10 Å². The maximum Gasteiger partial charge on any atom is 0.266 e. The fourth-order valence-electron chi connectivity index (χ4n) is 6.33. The lowest BCUT2D eigenvalue weighted by molar-refractivity contribution is 0.123. The smallest absolute Gasteiger partial charge is 0.266 e. The number of benzene rings is 4. The molecular weight excluding hydrogens is 748 g/mol. The number of rotatable bonds is 11. The van der Waals surface area contributed by atoms with E-state index in [1.165, 1.54) is 19.2 Å². The van der Waals surface area contributed by atoms with Crippen LogP contribution in [0.3, 0.4) is 0 Å². The number of methoxy groups -OCH3 is 1. The monoisotopic (exact) mass is 784 g/mol. The predicted molar refractivity (Wildman–Crippen MR) is 201 cm³/mol. The minimum atomic E-state index is -4.13. The Bertz CT molecular complexity index is 2530. The second-order valence-corrected chi connectivity index (χ2v) is 16.3. The normalized spacial score (nSPS) is 12.9. The van der Waals surface area contributed by atoms with Gasteiger partial charge in [0, 0.05) is 6.07 Å². The highest BCUT2D eigenvalue weighted by Crippen LogP contribution is 2.39. The quantitative estimate of drug-likeness (QED) is 0.135. The number of nitrogens with zero attached hydrogens (tertiary/aromatic N) is 5. The van der Waals surface area contributed by atoms with Gasteiger partial charge < -0.3 is 10.5 Å². The number of ether oxygens (including phenoxy) is 1. The van der Waals surface area contributed by atoms with Crippen LogP contribution in [0.5, 0.6) is 5.75 Å². The molecule has 0 saturated heterocycles. The van der Waals surface area contributed by atoms with E-state index in [9.17, 15) is 30.8 Å². The molecule has 0 spiro atoms. The summed E-state index contributed by atoms with van der Waals surface area (Å²) < 4.78 is 92.0. The number of hydrogen-bond donors (Lipinski definition) is 1. The van der Waals surface area contributed by atoms with Crippen LogP contribution in [-0.4, -0.2) is 47.5 Å². The van der Waals surface area contributed by atoms with Crippen LogP contribution >= 0.6 is 11.6 Å². The van der Waals surface area contributed by atoms with Crippen LogP contribution < -0.4 is 20.3 Å². The van der Waals surface area contributed by atoms with E-state index in [1.54, 1.807) is 42.5 Å². The average Bonchev–Trinajstić information content (AvgIpc) is 3.45. The van der Waals surface area contributed by atoms with E-state index in [0.717, 1.165) is 37.5 Å². The van der Waals surface area contributed by atoms with E-state index in [0.29, 0.717) is 17.4 Å². The highest BCUT2D eigenvalue weighted by atomic mass is 35.5. The largest absolute Gasteiger partial charge is 0.497 e. The zero-order valence-corrected chi connectivity index (χ0v) is 31.5. The summed E-state index contributed by atoms with van der Waals surface area (Å²) in [7, 11) is -2.65. The second kappa shape index (κ2) is 14.7. The van der Waals surface area contributed by atoms with Crippen molar-refractivity contribution in [1.29, 1.82) is 0 Å². The van der Waals surface area contributed by atoms with Crippen molar-refractivity contribution in [2.24, 2.45) is 5.73 Å². The maximum atomic E-state index is 14.7. The molecule has 0 aliphatic carbocycles. The molecule has 0 radical (unpaired) electrons. The number of aromatic nitrogens is 4. The summed E-state index contributed by atoms with van der Waals surface area (Å²) in [5, 5.41) is 4.48. The minimum Gasteiger partial charge on any atom is -0.497 e. The van der Waals surface area contributed by atoms with Gasteiger partial charge in [0.05, 0.1) is 58.5 Å². The van der Waals surface area contributed by atoms with E-state index < -0.39 is 46.2 Å². The third-order valence-electron chi connectivity index (χ3n) is 8.95. The Hall–Kier alpha value is -4.99. The standard InChI is InChI=1S/C38H37ClF4N6O4S/c1-38(2,3)23-8-11-27-30(17-23)45-35(29(44)16-22-14-24(40)18-25(41)15-22)49(37(27)50)31-13-12-28(39)33-34(31)47(20-32(42)43)46-36(33)48(54(5,51)52)19-21-6-9-26(53-4)10-7-21/h6-15,17-18,29,32H,16,19-20,44H2,1-5H3/t29-/m0/s1. The first-order valence-corrected chi connectivity index (χ1v) is 18.9. The molecule has 1 atom stereocenters. The molecule has 2 N–H and O–H groups in total. The molecule has 16 heteroatoms. The van der Waals surface area contributed by atoms with E-state index in [4.69, 9.17) is 27.1 Å². The Morgan fingerprint density at radius 2 is 1.63 bits per heavy atom. The summed E-state index contributed by atoms with van der Waals surface area (Å²) in [6.07, 6.45) is -2.19. The molecule has 284 valence electrons. The Labute approximate surface area is 313 Å². The van der Waals surface area contributed by atoms with Crippen molar-refractivity contribution in [3.63, 3.8) is 0 Å². The van der Waals surface area contributed by atoms with E-state index >= 15 is 0 Å². The molecule has 0 bridgehead atoms. The number of alkyl halides is 2. The van der Waals surface area contributed by atoms with Gasteiger partial charge in [-0.25, -0.2) is 35.3 Å². The zero-order valence-electron chi connectivity index (χ0n) is 29.9. The van der Waals surface area contributed by atoms with Crippen LogP contribution in [0.1, 0.15) is 49.3 Å².